The van der Waals surface area contributed by atoms with Crippen molar-refractivity contribution in [2.75, 3.05) is 21.3 Å². The van der Waals surface area contributed by atoms with Gasteiger partial charge in [-0.3, -0.25) is 0 Å². The van der Waals surface area contributed by atoms with E-state index in [0.717, 1.165) is 11.1 Å². The van der Waals surface area contributed by atoms with Crippen molar-refractivity contribution < 1.29 is 14.2 Å². The molecule has 0 aromatic heterocycles. The van der Waals surface area contributed by atoms with Crippen LogP contribution in [0.15, 0.2) is 30.3 Å². The molecular weight excluding hydrogens is 349 g/mol. The fraction of sp³-hybridized carbons (Fsp3) is 0.333. The van der Waals surface area contributed by atoms with E-state index in [9.17, 15) is 0 Å². The molecule has 2 rings (SSSR count). The predicted octanol–water partition coefficient (Wildman–Crippen LogP) is 4.87. The fourth-order valence-electron chi connectivity index (χ4n) is 2.47. The van der Waals surface area contributed by atoms with Gasteiger partial charge in [0.15, 0.2) is 11.5 Å². The van der Waals surface area contributed by atoms with Crippen molar-refractivity contribution in [3.05, 3.63) is 51.5 Å². The van der Waals surface area contributed by atoms with Gasteiger partial charge in [0.2, 0.25) is 5.75 Å². The van der Waals surface area contributed by atoms with Crippen molar-refractivity contribution in [2.24, 2.45) is 0 Å². The summed E-state index contributed by atoms with van der Waals surface area (Å²) in [4.78, 5) is 0. The van der Waals surface area contributed by atoms with Crippen molar-refractivity contribution in [3.63, 3.8) is 0 Å². The lowest BCUT2D eigenvalue weighted by atomic mass is 10.1. The molecule has 1 N–H and O–H groups in total. The number of methoxy groups -OCH3 is 3. The molecule has 2 aromatic rings. The zero-order valence-corrected chi connectivity index (χ0v) is 15.7. The smallest absolute Gasteiger partial charge is 0.203 e. The Balaban J connectivity index is 2.17. The van der Waals surface area contributed by atoms with Gasteiger partial charge in [-0.05, 0) is 30.7 Å². The van der Waals surface area contributed by atoms with Crippen LogP contribution in [0.25, 0.3) is 0 Å². The Labute approximate surface area is 152 Å². The number of ether oxygens (including phenoxy) is 3. The summed E-state index contributed by atoms with van der Waals surface area (Å²) in [6.45, 7) is 2.66. The molecular formula is C18H21Cl2NO3. The zero-order chi connectivity index (χ0) is 17.7. The minimum atomic E-state index is 0.0950. The monoisotopic (exact) mass is 369 g/mol. The topological polar surface area (TPSA) is 39.7 Å². The highest BCUT2D eigenvalue weighted by Crippen LogP contribution is 2.39. The largest absolute Gasteiger partial charge is 0.493 e. The van der Waals surface area contributed by atoms with E-state index < -0.39 is 0 Å². The molecule has 0 amide bonds. The summed E-state index contributed by atoms with van der Waals surface area (Å²) in [6, 6.07) is 9.54. The van der Waals surface area contributed by atoms with Gasteiger partial charge < -0.3 is 19.5 Å². The standard InChI is InChI=1S/C18H21Cl2NO3/c1-11(12-5-7-14(19)15(20)9-12)21-10-13-6-8-16(22-2)18(24-4)17(13)23-3/h5-9,11,21H,10H2,1-4H3. The average molecular weight is 370 g/mol. The normalized spacial score (nSPS) is 11.9. The summed E-state index contributed by atoms with van der Waals surface area (Å²) in [5.41, 5.74) is 2.03. The third kappa shape index (κ3) is 4.07. The maximum absolute atomic E-state index is 6.09. The lowest BCUT2D eigenvalue weighted by molar-refractivity contribution is 0.321. The third-order valence-corrected chi connectivity index (χ3v) is 4.57. The number of rotatable bonds is 7. The second kappa shape index (κ2) is 8.47. The van der Waals surface area contributed by atoms with Gasteiger partial charge in [0.1, 0.15) is 0 Å². The Hall–Kier alpha value is -1.62. The molecule has 0 saturated carbocycles. The van der Waals surface area contributed by atoms with Gasteiger partial charge in [-0.2, -0.15) is 0 Å². The Bertz CT molecular complexity index is 707. The number of halogens is 2. The molecule has 1 atom stereocenters. The maximum Gasteiger partial charge on any atom is 0.203 e. The van der Waals surface area contributed by atoms with Crippen molar-refractivity contribution in [1.82, 2.24) is 5.32 Å². The molecule has 1 unspecified atom stereocenters. The molecule has 0 saturated heterocycles. The van der Waals surface area contributed by atoms with E-state index in [-0.39, 0.29) is 6.04 Å². The zero-order valence-electron chi connectivity index (χ0n) is 14.2. The van der Waals surface area contributed by atoms with E-state index in [2.05, 4.69) is 12.2 Å². The highest BCUT2D eigenvalue weighted by molar-refractivity contribution is 6.42. The molecule has 0 aliphatic rings. The minimum absolute atomic E-state index is 0.0950. The summed E-state index contributed by atoms with van der Waals surface area (Å²) < 4.78 is 16.2. The van der Waals surface area contributed by atoms with Gasteiger partial charge in [-0.1, -0.05) is 35.3 Å². The SMILES string of the molecule is COc1ccc(CNC(C)c2ccc(Cl)c(Cl)c2)c(OC)c1OC. The molecule has 0 fully saturated rings. The lowest BCUT2D eigenvalue weighted by Crippen LogP contribution is -2.18. The van der Waals surface area contributed by atoms with E-state index in [0.29, 0.717) is 33.8 Å². The Morgan fingerprint density at radius 1 is 0.917 bits per heavy atom. The van der Waals surface area contributed by atoms with Crippen LogP contribution in [-0.2, 0) is 6.54 Å². The van der Waals surface area contributed by atoms with E-state index in [1.165, 1.54) is 0 Å². The van der Waals surface area contributed by atoms with Crippen LogP contribution in [0.1, 0.15) is 24.1 Å². The van der Waals surface area contributed by atoms with Crippen molar-refractivity contribution in [1.29, 1.82) is 0 Å². The first-order valence-electron chi connectivity index (χ1n) is 7.48. The molecule has 0 aliphatic heterocycles. The van der Waals surface area contributed by atoms with Crippen LogP contribution < -0.4 is 19.5 Å². The quantitative estimate of drug-likeness (QED) is 0.755. The van der Waals surface area contributed by atoms with E-state index in [4.69, 9.17) is 37.4 Å². The first-order valence-corrected chi connectivity index (χ1v) is 8.23. The van der Waals surface area contributed by atoms with Gasteiger partial charge in [-0.25, -0.2) is 0 Å². The number of nitrogens with one attached hydrogen (secondary N) is 1. The summed E-state index contributed by atoms with van der Waals surface area (Å²) in [5.74, 6) is 1.88. The first kappa shape index (κ1) is 18.7. The van der Waals surface area contributed by atoms with E-state index in [1.54, 1.807) is 27.4 Å². The summed E-state index contributed by atoms with van der Waals surface area (Å²) in [6.07, 6.45) is 0. The van der Waals surface area contributed by atoms with Gasteiger partial charge in [0.05, 0.1) is 31.4 Å². The van der Waals surface area contributed by atoms with Crippen LogP contribution in [0.4, 0.5) is 0 Å². The van der Waals surface area contributed by atoms with Crippen molar-refractivity contribution >= 4 is 23.2 Å². The molecule has 6 heteroatoms. The second-order valence-corrected chi connectivity index (χ2v) is 6.08. The molecule has 0 bridgehead atoms. The highest BCUT2D eigenvalue weighted by atomic mass is 35.5. The maximum atomic E-state index is 6.09. The van der Waals surface area contributed by atoms with Crippen molar-refractivity contribution in [3.8, 4) is 17.2 Å². The summed E-state index contributed by atoms with van der Waals surface area (Å²) in [7, 11) is 4.81. The van der Waals surface area contributed by atoms with Crippen LogP contribution >= 0.6 is 23.2 Å². The van der Waals surface area contributed by atoms with Gasteiger partial charge >= 0.3 is 0 Å². The highest BCUT2D eigenvalue weighted by Gasteiger charge is 2.16. The summed E-state index contributed by atoms with van der Waals surface area (Å²) in [5, 5.41) is 4.55. The fourth-order valence-corrected chi connectivity index (χ4v) is 2.77. The Morgan fingerprint density at radius 2 is 1.62 bits per heavy atom. The molecule has 4 nitrogen and oxygen atoms in total. The van der Waals surface area contributed by atoms with Crippen LogP contribution in [0.3, 0.4) is 0 Å². The van der Waals surface area contributed by atoms with E-state index >= 15 is 0 Å². The number of hydrogen-bond acceptors (Lipinski definition) is 4. The lowest BCUT2D eigenvalue weighted by Gasteiger charge is -2.19. The average Bonchev–Trinajstić information content (AvgIpc) is 2.60. The van der Waals surface area contributed by atoms with Crippen LogP contribution in [0, 0.1) is 0 Å². The first-order chi connectivity index (χ1) is 11.5. The minimum Gasteiger partial charge on any atom is -0.493 e. The Morgan fingerprint density at radius 3 is 2.21 bits per heavy atom. The van der Waals surface area contributed by atoms with Gasteiger partial charge in [0, 0.05) is 18.2 Å². The van der Waals surface area contributed by atoms with Crippen molar-refractivity contribution in [2.45, 2.75) is 19.5 Å². The Kier molecular flexibility index (Phi) is 6.60. The number of benzene rings is 2. The van der Waals surface area contributed by atoms with Gasteiger partial charge in [0.25, 0.3) is 0 Å². The van der Waals surface area contributed by atoms with Gasteiger partial charge in [-0.15, -0.1) is 0 Å². The third-order valence-electron chi connectivity index (χ3n) is 3.83. The van der Waals surface area contributed by atoms with Crippen LogP contribution in [-0.4, -0.2) is 21.3 Å². The molecule has 0 heterocycles. The molecule has 24 heavy (non-hydrogen) atoms. The van der Waals surface area contributed by atoms with E-state index in [1.807, 2.05) is 24.3 Å². The molecule has 0 spiro atoms. The van der Waals surface area contributed by atoms with Crippen LogP contribution in [0.2, 0.25) is 10.0 Å². The predicted molar refractivity (Wildman–Crippen MR) is 97.8 cm³/mol. The molecule has 130 valence electrons. The molecule has 0 aliphatic carbocycles. The molecule has 2 aromatic carbocycles. The number of hydrogen-bond donors (Lipinski definition) is 1. The summed E-state index contributed by atoms with van der Waals surface area (Å²) >= 11 is 12.1. The second-order valence-electron chi connectivity index (χ2n) is 5.27. The molecule has 0 radical (unpaired) electrons. The van der Waals surface area contributed by atoms with Crippen LogP contribution in [0.5, 0.6) is 17.2 Å².